The Labute approximate surface area is 117 Å². The molecule has 20 heavy (non-hydrogen) atoms. The molecule has 0 aliphatic carbocycles. The van der Waals surface area contributed by atoms with Crippen LogP contribution in [-0.4, -0.2) is 36.7 Å². The average Bonchev–Trinajstić information content (AvgIpc) is 2.46. The normalized spacial score (nSPS) is 18.3. The number of rotatable bonds is 3. The minimum absolute atomic E-state index is 0.0394. The van der Waals surface area contributed by atoms with Crippen molar-refractivity contribution in [1.82, 2.24) is 10.2 Å². The average molecular weight is 276 g/mol. The summed E-state index contributed by atoms with van der Waals surface area (Å²) >= 11 is 0. The fraction of sp³-hybridized carbons (Fsp3) is 0.333. The number of nitrogens with zero attached hydrogens (tertiary/aromatic N) is 1. The Morgan fingerprint density at radius 1 is 1.55 bits per heavy atom. The highest BCUT2D eigenvalue weighted by molar-refractivity contribution is 6.01. The molecule has 0 aromatic heterocycles. The van der Waals surface area contributed by atoms with Gasteiger partial charge in [-0.3, -0.25) is 9.59 Å². The summed E-state index contributed by atoms with van der Waals surface area (Å²) in [5.74, 6) is -0.798. The fourth-order valence-electron chi connectivity index (χ4n) is 2.31. The molecule has 1 fully saturated rings. The standard InChI is InChI=1S/C15H17FN2O2/c1-10-3-5-13(8-17-10)18(2)15(20)14-6-4-12(16)7-11(14)9-19/h4,6-7,9,13,17H,1,3,5,8H2,2H3. The highest BCUT2D eigenvalue weighted by atomic mass is 19.1. The van der Waals surface area contributed by atoms with Crippen LogP contribution in [0.2, 0.25) is 0 Å². The van der Waals surface area contributed by atoms with Crippen molar-refractivity contribution >= 4 is 12.2 Å². The SMILES string of the molecule is C=C1CCC(N(C)C(=O)c2ccc(F)cc2C=O)CN1. The Bertz CT molecular complexity index is 547. The summed E-state index contributed by atoms with van der Waals surface area (Å²) in [6.45, 7) is 4.48. The van der Waals surface area contributed by atoms with E-state index in [9.17, 15) is 14.0 Å². The van der Waals surface area contributed by atoms with E-state index in [0.29, 0.717) is 12.8 Å². The van der Waals surface area contributed by atoms with E-state index in [2.05, 4.69) is 11.9 Å². The monoisotopic (exact) mass is 276 g/mol. The van der Waals surface area contributed by atoms with Crippen molar-refractivity contribution in [3.05, 3.63) is 47.4 Å². The molecule has 1 unspecified atom stereocenters. The second-order valence-corrected chi connectivity index (χ2v) is 4.94. The summed E-state index contributed by atoms with van der Waals surface area (Å²) in [5.41, 5.74) is 1.28. The van der Waals surface area contributed by atoms with Gasteiger partial charge in [0.1, 0.15) is 5.82 Å². The molecule has 5 heteroatoms. The number of carbonyl (C=O) groups is 2. The van der Waals surface area contributed by atoms with Gasteiger partial charge in [0, 0.05) is 30.9 Å². The molecule has 1 N–H and O–H groups in total. The van der Waals surface area contributed by atoms with Gasteiger partial charge in [0.15, 0.2) is 6.29 Å². The summed E-state index contributed by atoms with van der Waals surface area (Å²) in [6, 6.07) is 3.66. The van der Waals surface area contributed by atoms with E-state index in [4.69, 9.17) is 0 Å². The van der Waals surface area contributed by atoms with Crippen LogP contribution in [0.4, 0.5) is 4.39 Å². The van der Waals surface area contributed by atoms with Gasteiger partial charge in [-0.2, -0.15) is 0 Å². The summed E-state index contributed by atoms with van der Waals surface area (Å²) in [7, 11) is 1.70. The number of aldehydes is 1. The predicted molar refractivity (Wildman–Crippen MR) is 74.0 cm³/mol. The molecule has 106 valence electrons. The van der Waals surface area contributed by atoms with Gasteiger partial charge in [-0.1, -0.05) is 6.58 Å². The Morgan fingerprint density at radius 2 is 2.30 bits per heavy atom. The number of nitrogens with one attached hydrogen (secondary N) is 1. The first-order chi connectivity index (χ1) is 9.52. The van der Waals surface area contributed by atoms with E-state index in [1.165, 1.54) is 12.1 Å². The summed E-state index contributed by atoms with van der Waals surface area (Å²) in [6.07, 6.45) is 2.14. The van der Waals surface area contributed by atoms with Gasteiger partial charge >= 0.3 is 0 Å². The van der Waals surface area contributed by atoms with E-state index < -0.39 is 5.82 Å². The minimum Gasteiger partial charge on any atom is -0.387 e. The molecular weight excluding hydrogens is 259 g/mol. The number of hydrogen-bond acceptors (Lipinski definition) is 3. The van der Waals surface area contributed by atoms with Crippen molar-refractivity contribution in [3.8, 4) is 0 Å². The quantitative estimate of drug-likeness (QED) is 0.859. The molecule has 1 atom stereocenters. The lowest BCUT2D eigenvalue weighted by Crippen LogP contribution is -2.46. The number of amides is 1. The predicted octanol–water partition coefficient (Wildman–Crippen LogP) is 1.98. The Morgan fingerprint density at radius 3 is 2.90 bits per heavy atom. The molecule has 0 spiro atoms. The first kappa shape index (κ1) is 14.2. The smallest absolute Gasteiger partial charge is 0.254 e. The molecule has 2 rings (SSSR count). The number of benzene rings is 1. The van der Waals surface area contributed by atoms with E-state index >= 15 is 0 Å². The number of allylic oxidation sites excluding steroid dienone is 1. The zero-order valence-electron chi connectivity index (χ0n) is 11.4. The van der Waals surface area contributed by atoms with Gasteiger partial charge in [-0.05, 0) is 31.0 Å². The molecule has 1 aromatic carbocycles. The van der Waals surface area contributed by atoms with E-state index in [1.807, 2.05) is 0 Å². The zero-order chi connectivity index (χ0) is 14.7. The molecule has 1 heterocycles. The summed E-state index contributed by atoms with van der Waals surface area (Å²) in [4.78, 5) is 25.0. The molecular formula is C15H17FN2O2. The zero-order valence-corrected chi connectivity index (χ0v) is 11.4. The molecule has 0 saturated carbocycles. The largest absolute Gasteiger partial charge is 0.387 e. The minimum atomic E-state index is -0.526. The van der Waals surface area contributed by atoms with Crippen molar-refractivity contribution in [2.24, 2.45) is 0 Å². The van der Waals surface area contributed by atoms with Gasteiger partial charge in [0.2, 0.25) is 0 Å². The molecule has 0 radical (unpaired) electrons. The van der Waals surface area contributed by atoms with Crippen LogP contribution in [0, 0.1) is 5.82 Å². The van der Waals surface area contributed by atoms with Gasteiger partial charge in [-0.15, -0.1) is 0 Å². The van der Waals surface area contributed by atoms with Crippen molar-refractivity contribution in [2.45, 2.75) is 18.9 Å². The molecule has 0 bridgehead atoms. The third kappa shape index (κ3) is 2.87. The van der Waals surface area contributed by atoms with Crippen LogP contribution in [0.25, 0.3) is 0 Å². The molecule has 1 aromatic rings. The van der Waals surface area contributed by atoms with Crippen LogP contribution >= 0.6 is 0 Å². The lowest BCUT2D eigenvalue weighted by molar-refractivity contribution is 0.0712. The maximum absolute atomic E-state index is 13.1. The first-order valence-electron chi connectivity index (χ1n) is 6.46. The van der Waals surface area contributed by atoms with Crippen molar-refractivity contribution < 1.29 is 14.0 Å². The van der Waals surface area contributed by atoms with Crippen molar-refractivity contribution in [1.29, 1.82) is 0 Å². The van der Waals surface area contributed by atoms with Crippen LogP contribution in [-0.2, 0) is 0 Å². The lowest BCUT2D eigenvalue weighted by Gasteiger charge is -2.33. The van der Waals surface area contributed by atoms with Crippen LogP contribution in [0.5, 0.6) is 0 Å². The van der Waals surface area contributed by atoms with Crippen LogP contribution in [0.15, 0.2) is 30.5 Å². The third-order valence-electron chi connectivity index (χ3n) is 3.61. The highest BCUT2D eigenvalue weighted by Gasteiger charge is 2.25. The van der Waals surface area contributed by atoms with Gasteiger partial charge in [-0.25, -0.2) is 4.39 Å². The fourth-order valence-corrected chi connectivity index (χ4v) is 2.31. The van der Waals surface area contributed by atoms with E-state index in [-0.39, 0.29) is 23.1 Å². The van der Waals surface area contributed by atoms with Crippen molar-refractivity contribution in [2.75, 3.05) is 13.6 Å². The van der Waals surface area contributed by atoms with Crippen LogP contribution in [0.1, 0.15) is 33.6 Å². The maximum atomic E-state index is 13.1. The number of piperidine rings is 1. The molecule has 1 aliphatic heterocycles. The Kier molecular flexibility index (Phi) is 4.17. The van der Waals surface area contributed by atoms with Crippen LogP contribution in [0.3, 0.4) is 0 Å². The number of likely N-dealkylation sites (N-methyl/N-ethyl adjacent to an activating group) is 1. The second kappa shape index (κ2) is 5.86. The van der Waals surface area contributed by atoms with E-state index in [0.717, 1.165) is 24.6 Å². The number of halogens is 1. The number of hydrogen-bond donors (Lipinski definition) is 1. The summed E-state index contributed by atoms with van der Waals surface area (Å²) in [5, 5.41) is 3.14. The highest BCUT2D eigenvalue weighted by Crippen LogP contribution is 2.18. The number of carbonyl (C=O) groups excluding carboxylic acids is 2. The molecule has 4 nitrogen and oxygen atoms in total. The van der Waals surface area contributed by atoms with Gasteiger partial charge < -0.3 is 10.2 Å². The van der Waals surface area contributed by atoms with Gasteiger partial charge in [0.05, 0.1) is 5.56 Å². The topological polar surface area (TPSA) is 49.4 Å². The molecule has 1 aliphatic rings. The third-order valence-corrected chi connectivity index (χ3v) is 3.61. The Balaban J connectivity index is 2.18. The van der Waals surface area contributed by atoms with E-state index in [1.54, 1.807) is 11.9 Å². The van der Waals surface area contributed by atoms with Gasteiger partial charge in [0.25, 0.3) is 5.91 Å². The second-order valence-electron chi connectivity index (χ2n) is 4.94. The lowest BCUT2D eigenvalue weighted by atomic mass is 10.0. The maximum Gasteiger partial charge on any atom is 0.254 e. The van der Waals surface area contributed by atoms with Crippen molar-refractivity contribution in [3.63, 3.8) is 0 Å². The summed E-state index contributed by atoms with van der Waals surface area (Å²) < 4.78 is 13.1. The molecule has 1 amide bonds. The Hall–Kier alpha value is -2.17. The first-order valence-corrected chi connectivity index (χ1v) is 6.46. The molecule has 1 saturated heterocycles. The van der Waals surface area contributed by atoms with Crippen LogP contribution < -0.4 is 5.32 Å².